The molecule has 6 aromatic heterocycles. The number of rotatable bonds is 6. The number of nitrogens with one attached hydrogen (secondary N) is 3. The number of hydrogen-bond donors (Lipinski definition) is 3. The Hall–Kier alpha value is -4.77. The summed E-state index contributed by atoms with van der Waals surface area (Å²) in [6.45, 7) is 7.63. The van der Waals surface area contributed by atoms with E-state index in [2.05, 4.69) is 35.5 Å². The summed E-state index contributed by atoms with van der Waals surface area (Å²) >= 11 is 1.50. The van der Waals surface area contributed by atoms with Crippen LogP contribution in [0.3, 0.4) is 0 Å². The number of amides is 1. The normalized spacial score (nSPS) is 11.8. The van der Waals surface area contributed by atoms with Crippen LogP contribution >= 0.6 is 11.3 Å². The third-order valence-electron chi connectivity index (χ3n) is 6.34. The van der Waals surface area contributed by atoms with Gasteiger partial charge >= 0.3 is 0 Å². The van der Waals surface area contributed by atoms with Crippen molar-refractivity contribution in [3.05, 3.63) is 60.0 Å². The number of anilines is 1. The van der Waals surface area contributed by atoms with Gasteiger partial charge in [-0.1, -0.05) is 20.8 Å². The summed E-state index contributed by atoms with van der Waals surface area (Å²) in [5.41, 5.74) is 6.22. The second kappa shape index (κ2) is 9.76. The number of hydrogen-bond acceptors (Lipinski definition) is 8. The molecule has 6 heterocycles. The van der Waals surface area contributed by atoms with Gasteiger partial charge < -0.3 is 10.3 Å². The predicted molar refractivity (Wildman–Crippen MR) is 156 cm³/mol. The fraction of sp³-hybridized carbons (Fsp3) is 0.207. The number of ketones is 1. The number of pyridine rings is 3. The van der Waals surface area contributed by atoms with Crippen LogP contribution in [-0.2, 0) is 4.79 Å². The third kappa shape index (κ3) is 4.98. The van der Waals surface area contributed by atoms with E-state index >= 15 is 0 Å². The van der Waals surface area contributed by atoms with E-state index in [1.807, 2.05) is 50.4 Å². The first-order valence-electron chi connectivity index (χ1n) is 12.7. The molecule has 0 aliphatic carbocycles. The van der Waals surface area contributed by atoms with Gasteiger partial charge in [-0.3, -0.25) is 24.7 Å². The van der Waals surface area contributed by atoms with Crippen molar-refractivity contribution in [3.8, 4) is 33.2 Å². The van der Waals surface area contributed by atoms with Crippen LogP contribution in [0, 0.1) is 5.41 Å². The first kappa shape index (κ1) is 25.5. The van der Waals surface area contributed by atoms with Crippen LogP contribution in [0.25, 0.3) is 55.3 Å². The number of H-pyrrole nitrogens is 2. The maximum Gasteiger partial charge on any atom is 0.224 e. The Morgan fingerprint density at radius 1 is 1.07 bits per heavy atom. The minimum absolute atomic E-state index is 0.0264. The van der Waals surface area contributed by atoms with E-state index < -0.39 is 0 Å². The van der Waals surface area contributed by atoms with Crippen molar-refractivity contribution in [1.29, 1.82) is 0 Å². The largest absolute Gasteiger partial charge is 0.335 e. The van der Waals surface area contributed by atoms with E-state index in [1.54, 1.807) is 31.7 Å². The molecule has 0 atom stereocenters. The number of aromatic nitrogens is 7. The molecule has 0 saturated heterocycles. The lowest BCUT2D eigenvalue weighted by atomic mass is 9.92. The van der Waals surface area contributed by atoms with E-state index in [9.17, 15) is 9.59 Å². The average molecular weight is 551 g/mol. The summed E-state index contributed by atoms with van der Waals surface area (Å²) in [5.74, 6) is 0.520. The molecule has 11 heteroatoms. The van der Waals surface area contributed by atoms with Crippen molar-refractivity contribution in [3.63, 3.8) is 0 Å². The van der Waals surface area contributed by atoms with Gasteiger partial charge in [-0.15, -0.1) is 11.3 Å². The Morgan fingerprint density at radius 2 is 1.93 bits per heavy atom. The highest BCUT2D eigenvalue weighted by atomic mass is 32.1. The number of fused-ring (bicyclic) bond motifs is 2. The molecule has 40 heavy (non-hydrogen) atoms. The molecule has 0 aliphatic heterocycles. The first-order chi connectivity index (χ1) is 19.1. The molecule has 10 nitrogen and oxygen atoms in total. The summed E-state index contributed by atoms with van der Waals surface area (Å²) < 4.78 is 0. The van der Waals surface area contributed by atoms with Crippen LogP contribution in [-0.4, -0.2) is 46.8 Å². The Morgan fingerprint density at radius 3 is 2.70 bits per heavy atom. The topological polar surface area (TPSA) is 142 Å². The van der Waals surface area contributed by atoms with Gasteiger partial charge in [-0.2, -0.15) is 5.10 Å². The van der Waals surface area contributed by atoms with Crippen molar-refractivity contribution in [1.82, 2.24) is 35.1 Å². The second-order valence-electron chi connectivity index (χ2n) is 10.8. The van der Waals surface area contributed by atoms with E-state index in [0.29, 0.717) is 40.5 Å². The van der Waals surface area contributed by atoms with Crippen molar-refractivity contribution in [2.75, 3.05) is 5.32 Å². The van der Waals surface area contributed by atoms with E-state index in [0.717, 1.165) is 32.4 Å². The number of Topliss-reactive ketones (excluding diaryl/α,β-unsaturated/α-hetero) is 1. The Balaban J connectivity index is 1.36. The standard InChI is InChI=1S/C29H26N8O2S/c1-15(38)17-8-23(40-14-17)19-5-6-31-27-25(19)34-28(35-27)26-20-9-21(32-13-22(20)36-37-26)16-7-18(12-30-11-16)33-24(39)10-29(2,3)4/h5-9,11-14H,10H2,1-4H3,(H,33,39)(H,36,37)(H,31,34,35). The third-order valence-corrected chi connectivity index (χ3v) is 7.31. The summed E-state index contributed by atoms with van der Waals surface area (Å²) in [4.78, 5) is 46.7. The van der Waals surface area contributed by atoms with Gasteiger partial charge in [0.05, 0.1) is 34.8 Å². The lowest BCUT2D eigenvalue weighted by Gasteiger charge is -2.17. The molecule has 3 N–H and O–H groups in total. The summed E-state index contributed by atoms with van der Waals surface area (Å²) in [6.07, 6.45) is 7.16. The number of imidazole rings is 1. The maximum absolute atomic E-state index is 12.4. The van der Waals surface area contributed by atoms with Crippen LogP contribution in [0.1, 0.15) is 44.5 Å². The van der Waals surface area contributed by atoms with Crippen LogP contribution in [0.5, 0.6) is 0 Å². The fourth-order valence-corrected chi connectivity index (χ4v) is 5.46. The van der Waals surface area contributed by atoms with E-state index in [4.69, 9.17) is 4.98 Å². The Bertz CT molecular complexity index is 1910. The Labute approximate surface area is 233 Å². The highest BCUT2D eigenvalue weighted by molar-refractivity contribution is 7.14. The van der Waals surface area contributed by atoms with Gasteiger partial charge in [-0.05, 0) is 36.6 Å². The minimum Gasteiger partial charge on any atom is -0.335 e. The molecule has 0 unspecified atom stereocenters. The molecular weight excluding hydrogens is 524 g/mol. The number of nitrogens with zero attached hydrogens (tertiary/aromatic N) is 5. The molecule has 200 valence electrons. The first-order valence-corrected chi connectivity index (χ1v) is 13.6. The van der Waals surface area contributed by atoms with Crippen molar-refractivity contribution in [2.24, 2.45) is 5.41 Å². The molecule has 0 radical (unpaired) electrons. The van der Waals surface area contributed by atoms with Crippen LogP contribution in [0.2, 0.25) is 0 Å². The monoisotopic (exact) mass is 550 g/mol. The molecule has 0 aliphatic rings. The van der Waals surface area contributed by atoms with Crippen molar-refractivity contribution in [2.45, 2.75) is 34.1 Å². The molecule has 0 saturated carbocycles. The Kier molecular flexibility index (Phi) is 6.22. The summed E-state index contributed by atoms with van der Waals surface area (Å²) in [6, 6.07) is 7.57. The van der Waals surface area contributed by atoms with Crippen LogP contribution < -0.4 is 5.32 Å². The number of carbonyl (C=O) groups is 2. The van der Waals surface area contributed by atoms with Gasteiger partial charge in [0.25, 0.3) is 0 Å². The highest BCUT2D eigenvalue weighted by Crippen LogP contribution is 2.34. The van der Waals surface area contributed by atoms with Crippen LogP contribution in [0.4, 0.5) is 5.69 Å². The quantitative estimate of drug-likeness (QED) is 0.208. The SMILES string of the molecule is CC(=O)c1csc(-c2ccnc3nc(-c4n[nH]c5cnc(-c6cncc(NC(=O)CC(C)(C)C)c6)cc45)[nH]c23)c1. The second-order valence-corrected chi connectivity index (χ2v) is 11.7. The lowest BCUT2D eigenvalue weighted by molar-refractivity contribution is -0.117. The van der Waals surface area contributed by atoms with Gasteiger partial charge in [0.2, 0.25) is 5.91 Å². The summed E-state index contributed by atoms with van der Waals surface area (Å²) in [5, 5.41) is 13.2. The molecule has 1 amide bonds. The molecular formula is C29H26N8O2S. The van der Waals surface area contributed by atoms with Gasteiger partial charge in [0.1, 0.15) is 5.69 Å². The average Bonchev–Trinajstić information content (AvgIpc) is 3.65. The fourth-order valence-electron chi connectivity index (χ4n) is 4.48. The highest BCUT2D eigenvalue weighted by Gasteiger charge is 2.19. The molecule has 6 rings (SSSR count). The van der Waals surface area contributed by atoms with E-state index in [1.165, 1.54) is 11.3 Å². The molecule has 0 fully saturated rings. The van der Waals surface area contributed by atoms with Crippen molar-refractivity contribution < 1.29 is 9.59 Å². The zero-order chi connectivity index (χ0) is 28.0. The zero-order valence-corrected chi connectivity index (χ0v) is 23.2. The predicted octanol–water partition coefficient (Wildman–Crippen LogP) is 6.26. The lowest BCUT2D eigenvalue weighted by Crippen LogP contribution is -2.19. The van der Waals surface area contributed by atoms with Gasteiger partial charge in [0.15, 0.2) is 17.3 Å². The summed E-state index contributed by atoms with van der Waals surface area (Å²) in [7, 11) is 0. The molecule has 6 aromatic rings. The minimum atomic E-state index is -0.117. The number of aromatic amines is 2. The number of thiophene rings is 1. The van der Waals surface area contributed by atoms with Gasteiger partial charge in [0, 0.05) is 51.1 Å². The molecule has 0 bridgehead atoms. The van der Waals surface area contributed by atoms with Gasteiger partial charge in [-0.25, -0.2) is 9.97 Å². The maximum atomic E-state index is 12.4. The van der Waals surface area contributed by atoms with Crippen molar-refractivity contribution >= 4 is 50.8 Å². The van der Waals surface area contributed by atoms with E-state index in [-0.39, 0.29) is 17.1 Å². The zero-order valence-electron chi connectivity index (χ0n) is 22.4. The molecule has 0 spiro atoms. The number of carbonyl (C=O) groups excluding carboxylic acids is 2. The van der Waals surface area contributed by atoms with Crippen LogP contribution in [0.15, 0.2) is 54.4 Å². The molecule has 0 aromatic carbocycles. The smallest absolute Gasteiger partial charge is 0.224 e.